The summed E-state index contributed by atoms with van der Waals surface area (Å²) in [4.78, 5) is 22.5. The van der Waals surface area contributed by atoms with Crippen molar-refractivity contribution < 1.29 is 19.4 Å². The predicted molar refractivity (Wildman–Crippen MR) is 88.4 cm³/mol. The van der Waals surface area contributed by atoms with Gasteiger partial charge in [0.25, 0.3) is 5.91 Å². The number of rotatable bonds is 6. The van der Waals surface area contributed by atoms with E-state index >= 15 is 0 Å². The normalized spacial score (nSPS) is 10.5. The van der Waals surface area contributed by atoms with Crippen molar-refractivity contribution in [2.75, 3.05) is 11.9 Å². The van der Waals surface area contributed by atoms with Crippen molar-refractivity contribution in [3.8, 4) is 5.75 Å². The number of hydrogen-bond donors (Lipinski definition) is 2. The zero-order valence-corrected chi connectivity index (χ0v) is 12.7. The fourth-order valence-corrected chi connectivity index (χ4v) is 1.89. The Morgan fingerprint density at radius 3 is 2.52 bits per heavy atom. The van der Waals surface area contributed by atoms with Crippen LogP contribution in [0.5, 0.6) is 5.75 Å². The molecule has 1 amide bonds. The molecule has 0 unspecified atom stereocenters. The van der Waals surface area contributed by atoms with Gasteiger partial charge in [-0.3, -0.25) is 4.79 Å². The molecule has 0 saturated carbocycles. The van der Waals surface area contributed by atoms with Crippen LogP contribution in [-0.2, 0) is 9.59 Å². The summed E-state index contributed by atoms with van der Waals surface area (Å²) in [7, 11) is 0. The number of hydrogen-bond acceptors (Lipinski definition) is 3. The maximum atomic E-state index is 11.9. The standard InChI is InChI=1S/C18H17NO4/c1-13-6-9-15(10-7-13)19-17(20)12-23-16-5-3-2-4-14(16)8-11-18(21)22/h2-11H,12H2,1H3,(H,19,20)(H,21,22)/b11-8+. The highest BCUT2D eigenvalue weighted by molar-refractivity contribution is 5.92. The Kier molecular flexibility index (Phi) is 5.52. The summed E-state index contributed by atoms with van der Waals surface area (Å²) < 4.78 is 5.47. The molecule has 23 heavy (non-hydrogen) atoms. The molecule has 5 nitrogen and oxygen atoms in total. The van der Waals surface area contributed by atoms with Crippen molar-refractivity contribution in [3.05, 3.63) is 65.7 Å². The lowest BCUT2D eigenvalue weighted by Crippen LogP contribution is -2.20. The number of amides is 1. The van der Waals surface area contributed by atoms with Gasteiger partial charge in [-0.25, -0.2) is 4.79 Å². The average molecular weight is 311 g/mol. The summed E-state index contributed by atoms with van der Waals surface area (Å²) in [6, 6.07) is 14.4. The highest BCUT2D eigenvalue weighted by Crippen LogP contribution is 2.19. The Morgan fingerprint density at radius 2 is 1.83 bits per heavy atom. The first-order chi connectivity index (χ1) is 11.0. The molecule has 0 aliphatic carbocycles. The van der Waals surface area contributed by atoms with Gasteiger partial charge in [-0.15, -0.1) is 0 Å². The number of carbonyl (C=O) groups excluding carboxylic acids is 1. The van der Waals surface area contributed by atoms with Crippen molar-refractivity contribution >= 4 is 23.6 Å². The van der Waals surface area contributed by atoms with E-state index in [9.17, 15) is 9.59 Å². The van der Waals surface area contributed by atoms with Gasteiger partial charge in [0.15, 0.2) is 6.61 Å². The molecule has 2 rings (SSSR count). The summed E-state index contributed by atoms with van der Waals surface area (Å²) in [5.41, 5.74) is 2.40. The van der Waals surface area contributed by atoms with Crippen LogP contribution in [0.15, 0.2) is 54.6 Å². The molecule has 0 fully saturated rings. The Bertz CT molecular complexity index is 720. The summed E-state index contributed by atoms with van der Waals surface area (Å²) in [5, 5.41) is 11.4. The molecular formula is C18H17NO4. The maximum Gasteiger partial charge on any atom is 0.328 e. The lowest BCUT2D eigenvalue weighted by atomic mass is 10.2. The van der Waals surface area contributed by atoms with E-state index in [1.165, 1.54) is 6.08 Å². The number of anilines is 1. The molecule has 0 bridgehead atoms. The molecule has 0 radical (unpaired) electrons. The summed E-state index contributed by atoms with van der Waals surface area (Å²) in [6.07, 6.45) is 2.45. The third-order valence-corrected chi connectivity index (χ3v) is 3.02. The number of aliphatic carboxylic acids is 1. The number of aryl methyl sites for hydroxylation is 1. The first kappa shape index (κ1) is 16.3. The second kappa shape index (κ2) is 7.79. The molecule has 0 aliphatic heterocycles. The molecule has 2 aromatic carbocycles. The molecule has 0 aliphatic rings. The van der Waals surface area contributed by atoms with Crippen LogP contribution in [0.1, 0.15) is 11.1 Å². The lowest BCUT2D eigenvalue weighted by Gasteiger charge is -2.09. The smallest absolute Gasteiger partial charge is 0.328 e. The second-order valence-corrected chi connectivity index (χ2v) is 4.91. The Labute approximate surface area is 134 Å². The van der Waals surface area contributed by atoms with E-state index in [0.29, 0.717) is 17.0 Å². The van der Waals surface area contributed by atoms with Crippen LogP contribution in [-0.4, -0.2) is 23.6 Å². The van der Waals surface area contributed by atoms with E-state index in [1.807, 2.05) is 31.2 Å². The van der Waals surface area contributed by atoms with Gasteiger partial charge in [-0.1, -0.05) is 35.9 Å². The van der Waals surface area contributed by atoms with Crippen LogP contribution in [0.3, 0.4) is 0 Å². The Balaban J connectivity index is 1.96. The second-order valence-electron chi connectivity index (χ2n) is 4.91. The van der Waals surface area contributed by atoms with Crippen molar-refractivity contribution in [1.29, 1.82) is 0 Å². The molecule has 0 spiro atoms. The number of carboxylic acid groups (broad SMARTS) is 1. The van der Waals surface area contributed by atoms with Crippen LogP contribution < -0.4 is 10.1 Å². The van der Waals surface area contributed by atoms with E-state index in [-0.39, 0.29) is 12.5 Å². The van der Waals surface area contributed by atoms with Crippen molar-refractivity contribution in [2.24, 2.45) is 0 Å². The van der Waals surface area contributed by atoms with Crippen LogP contribution in [0.4, 0.5) is 5.69 Å². The van der Waals surface area contributed by atoms with Gasteiger partial charge in [0.05, 0.1) is 0 Å². The van der Waals surface area contributed by atoms with Crippen molar-refractivity contribution in [1.82, 2.24) is 0 Å². The third-order valence-electron chi connectivity index (χ3n) is 3.02. The predicted octanol–water partition coefficient (Wildman–Crippen LogP) is 3.11. The van der Waals surface area contributed by atoms with Gasteiger partial charge in [-0.2, -0.15) is 0 Å². The van der Waals surface area contributed by atoms with Crippen LogP contribution >= 0.6 is 0 Å². The van der Waals surface area contributed by atoms with Gasteiger partial charge in [0.2, 0.25) is 0 Å². The van der Waals surface area contributed by atoms with Crippen LogP contribution in [0, 0.1) is 6.92 Å². The van der Waals surface area contributed by atoms with Gasteiger partial charge in [-0.05, 0) is 31.2 Å². The van der Waals surface area contributed by atoms with E-state index in [2.05, 4.69) is 5.32 Å². The minimum Gasteiger partial charge on any atom is -0.483 e. The molecular weight excluding hydrogens is 294 g/mol. The largest absolute Gasteiger partial charge is 0.483 e. The molecule has 2 N–H and O–H groups in total. The monoisotopic (exact) mass is 311 g/mol. The minimum absolute atomic E-state index is 0.161. The van der Waals surface area contributed by atoms with Gasteiger partial charge in [0.1, 0.15) is 5.75 Å². The molecule has 0 aromatic heterocycles. The number of benzene rings is 2. The number of ether oxygens (including phenoxy) is 1. The SMILES string of the molecule is Cc1ccc(NC(=O)COc2ccccc2/C=C/C(=O)O)cc1. The van der Waals surface area contributed by atoms with Crippen molar-refractivity contribution in [2.45, 2.75) is 6.92 Å². The molecule has 0 atom stereocenters. The Hall–Kier alpha value is -3.08. The topological polar surface area (TPSA) is 75.6 Å². The first-order valence-electron chi connectivity index (χ1n) is 7.04. The summed E-state index contributed by atoms with van der Waals surface area (Å²) >= 11 is 0. The molecule has 2 aromatic rings. The fourth-order valence-electron chi connectivity index (χ4n) is 1.89. The fraction of sp³-hybridized carbons (Fsp3) is 0.111. The Morgan fingerprint density at radius 1 is 1.13 bits per heavy atom. The van der Waals surface area contributed by atoms with Gasteiger partial charge >= 0.3 is 5.97 Å². The maximum absolute atomic E-state index is 11.9. The number of carbonyl (C=O) groups is 2. The van der Waals surface area contributed by atoms with E-state index in [0.717, 1.165) is 11.6 Å². The van der Waals surface area contributed by atoms with Crippen LogP contribution in [0.2, 0.25) is 0 Å². The van der Waals surface area contributed by atoms with Gasteiger partial charge in [0, 0.05) is 17.3 Å². The zero-order valence-electron chi connectivity index (χ0n) is 12.7. The zero-order chi connectivity index (χ0) is 16.7. The minimum atomic E-state index is -1.04. The first-order valence-corrected chi connectivity index (χ1v) is 7.04. The molecule has 118 valence electrons. The number of carboxylic acids is 1. The average Bonchev–Trinajstić information content (AvgIpc) is 2.54. The molecule has 0 saturated heterocycles. The van der Waals surface area contributed by atoms with E-state index in [4.69, 9.17) is 9.84 Å². The number of para-hydroxylation sites is 1. The summed E-state index contributed by atoms with van der Waals surface area (Å²) in [5.74, 6) is -0.883. The van der Waals surface area contributed by atoms with E-state index in [1.54, 1.807) is 24.3 Å². The molecule has 0 heterocycles. The quantitative estimate of drug-likeness (QED) is 0.804. The highest BCUT2D eigenvalue weighted by Gasteiger charge is 2.06. The third kappa shape index (κ3) is 5.32. The van der Waals surface area contributed by atoms with Gasteiger partial charge < -0.3 is 15.2 Å². The van der Waals surface area contributed by atoms with E-state index < -0.39 is 5.97 Å². The van der Waals surface area contributed by atoms with Crippen molar-refractivity contribution in [3.63, 3.8) is 0 Å². The highest BCUT2D eigenvalue weighted by atomic mass is 16.5. The molecule has 5 heteroatoms. The summed E-state index contributed by atoms with van der Waals surface area (Å²) in [6.45, 7) is 1.81. The number of nitrogens with one attached hydrogen (secondary N) is 1. The lowest BCUT2D eigenvalue weighted by molar-refractivity contribution is -0.131. The van der Waals surface area contributed by atoms with Crippen LogP contribution in [0.25, 0.3) is 6.08 Å².